The van der Waals surface area contributed by atoms with Crippen LogP contribution in [0.5, 0.6) is 0 Å². The third-order valence-corrected chi connectivity index (χ3v) is 17.7. The van der Waals surface area contributed by atoms with Crippen molar-refractivity contribution in [1.82, 2.24) is 0 Å². The van der Waals surface area contributed by atoms with Gasteiger partial charge in [-0.15, -0.1) is 0 Å². The van der Waals surface area contributed by atoms with E-state index < -0.39 is 33.0 Å². The fourth-order valence-corrected chi connectivity index (χ4v) is 16.3. The minimum absolute atomic E-state index is 0. The van der Waals surface area contributed by atoms with Crippen LogP contribution in [0.3, 0.4) is 0 Å². The molecule has 9 rings (SSSR count). The number of halogens is 5. The predicted octanol–water partition coefficient (Wildman–Crippen LogP) is 5.17. The van der Waals surface area contributed by atoms with Crippen molar-refractivity contribution in [2.24, 2.45) is 0 Å². The van der Waals surface area contributed by atoms with E-state index in [2.05, 4.69) is 121 Å². The molecule has 244 valence electrons. The van der Waals surface area contributed by atoms with Crippen LogP contribution in [0.4, 0.5) is 13.2 Å². The predicted molar refractivity (Wildman–Crippen MR) is 190 cm³/mol. The monoisotopic (exact) mass is 774 g/mol. The SMILES string of the molecule is FC(F)(F)c1cccc([C](c2cccc3ccccc23)=[Zr+2]([c]2cccc3c2c2c(c4ccccc43)-c3ccccc3C2)[CH]2C=CC=C2)c1.[Cl-].[Cl-]. The summed E-state index contributed by atoms with van der Waals surface area (Å²) >= 11 is -3.26. The van der Waals surface area contributed by atoms with Crippen molar-refractivity contribution in [1.29, 1.82) is 0 Å². The second kappa shape index (κ2) is 13.6. The van der Waals surface area contributed by atoms with Gasteiger partial charge in [-0.25, -0.2) is 0 Å². The zero-order chi connectivity index (χ0) is 32.4. The molecule has 0 saturated heterocycles. The quantitative estimate of drug-likeness (QED) is 0.217. The zero-order valence-corrected chi connectivity index (χ0v) is 30.7. The molecular weight excluding hydrogens is 748 g/mol. The topological polar surface area (TPSA) is 0 Å². The van der Waals surface area contributed by atoms with E-state index in [9.17, 15) is 13.2 Å². The summed E-state index contributed by atoms with van der Waals surface area (Å²) in [6, 6.07) is 44.7. The van der Waals surface area contributed by atoms with Gasteiger partial charge in [0.15, 0.2) is 0 Å². The normalized spacial score (nSPS) is 13.6. The first-order chi connectivity index (χ1) is 23.5. The van der Waals surface area contributed by atoms with Crippen molar-refractivity contribution < 1.29 is 59.3 Å². The van der Waals surface area contributed by atoms with Gasteiger partial charge in [0.25, 0.3) is 0 Å². The van der Waals surface area contributed by atoms with Gasteiger partial charge in [-0.1, -0.05) is 0 Å². The Labute approximate surface area is 308 Å². The summed E-state index contributed by atoms with van der Waals surface area (Å²) in [6.45, 7) is 0. The summed E-state index contributed by atoms with van der Waals surface area (Å²) in [4.78, 5) is 0. The summed E-state index contributed by atoms with van der Waals surface area (Å²) in [7, 11) is 0. The number of allylic oxidation sites excluding steroid dienone is 4. The minimum atomic E-state index is -4.44. The number of hydrogen-bond acceptors (Lipinski definition) is 0. The van der Waals surface area contributed by atoms with Crippen molar-refractivity contribution in [2.75, 3.05) is 0 Å². The van der Waals surface area contributed by atoms with Crippen LogP contribution in [0, 0.1) is 0 Å². The van der Waals surface area contributed by atoms with Crippen molar-refractivity contribution in [3.05, 3.63) is 186 Å². The molecule has 0 fully saturated rings. The molecule has 0 N–H and O–H groups in total. The minimum Gasteiger partial charge on any atom is -1.00 e. The molecule has 0 unspecified atom stereocenters. The Hall–Kier alpha value is -4.08. The van der Waals surface area contributed by atoms with Crippen LogP contribution in [0.2, 0.25) is 3.63 Å². The molecule has 0 amide bonds. The summed E-state index contributed by atoms with van der Waals surface area (Å²) in [5, 5.41) is 7.13. The van der Waals surface area contributed by atoms with E-state index in [0.29, 0.717) is 5.56 Å². The van der Waals surface area contributed by atoms with Gasteiger partial charge in [-0.2, -0.15) is 0 Å². The summed E-state index contributed by atoms with van der Waals surface area (Å²) in [5.74, 6) is 0. The Morgan fingerprint density at radius 1 is 0.620 bits per heavy atom. The number of fused-ring (bicyclic) bond motifs is 9. The fraction of sp³-hybridized carbons (Fsp3) is 0.0682. The maximum Gasteiger partial charge on any atom is -1.00 e. The molecule has 2 aliphatic rings. The maximum absolute atomic E-state index is 14.3. The average molecular weight is 777 g/mol. The number of alkyl halides is 3. The van der Waals surface area contributed by atoms with Gasteiger partial charge in [-0.3, -0.25) is 0 Å². The number of rotatable bonds is 4. The first-order valence-electron chi connectivity index (χ1n) is 16.3. The Morgan fingerprint density at radius 2 is 1.26 bits per heavy atom. The van der Waals surface area contributed by atoms with E-state index in [1.165, 1.54) is 59.2 Å². The van der Waals surface area contributed by atoms with Crippen molar-refractivity contribution in [2.45, 2.75) is 16.2 Å². The standard InChI is InChI=1S/C21H13.C18H11F3.C5H5.2ClH.Zr/c1-2-8-15-14(7-1)13-20-18-11-4-3-9-16(18)17-10-5-6-12-19(17)21(15)20;19-18(20,21)16-9-3-5-13(12-16)11-15-8-4-7-14-6-1-2-10-17(14)15;1-2-4-5-3-1;;;/h1-10,12H,13H2;1-10,12H;1-5H;2*1H;/q;;;;;+2/p-2. The van der Waals surface area contributed by atoms with Gasteiger partial charge in [0, 0.05) is 0 Å². The van der Waals surface area contributed by atoms with Crippen molar-refractivity contribution >= 4 is 38.8 Å². The molecule has 0 radical (unpaired) electrons. The van der Waals surface area contributed by atoms with Gasteiger partial charge < -0.3 is 24.8 Å². The second-order valence-corrected chi connectivity index (χ2v) is 18.9. The van der Waals surface area contributed by atoms with Crippen LogP contribution in [-0.2, 0) is 33.9 Å². The summed E-state index contributed by atoms with van der Waals surface area (Å²) < 4.78 is 45.5. The Balaban J connectivity index is 0.00000196. The first-order valence-corrected chi connectivity index (χ1v) is 20.1. The molecule has 0 nitrogen and oxygen atoms in total. The maximum atomic E-state index is 14.3. The van der Waals surface area contributed by atoms with Crippen LogP contribution in [0.25, 0.3) is 43.4 Å². The molecule has 0 spiro atoms. The molecule has 50 heavy (non-hydrogen) atoms. The molecule has 0 aliphatic heterocycles. The molecule has 6 heteroatoms. The van der Waals surface area contributed by atoms with E-state index >= 15 is 0 Å². The smallest absolute Gasteiger partial charge is 1.00 e. The van der Waals surface area contributed by atoms with Crippen molar-refractivity contribution in [3.63, 3.8) is 0 Å². The van der Waals surface area contributed by atoms with Crippen LogP contribution in [0.15, 0.2) is 158 Å². The zero-order valence-electron chi connectivity index (χ0n) is 26.7. The van der Waals surface area contributed by atoms with E-state index in [1.54, 1.807) is 6.07 Å². The molecule has 0 aromatic heterocycles. The fourth-order valence-electron chi connectivity index (χ4n) is 8.00. The van der Waals surface area contributed by atoms with E-state index in [1.807, 2.05) is 18.2 Å². The molecular formula is C44H29Cl2F3Zr. The van der Waals surface area contributed by atoms with Gasteiger partial charge in [0.05, 0.1) is 0 Å². The van der Waals surface area contributed by atoms with Gasteiger partial charge in [0.2, 0.25) is 0 Å². The molecule has 7 aromatic carbocycles. The third-order valence-electron chi connectivity index (χ3n) is 9.99. The first kappa shape index (κ1) is 34.4. The van der Waals surface area contributed by atoms with Crippen LogP contribution < -0.4 is 28.1 Å². The molecule has 0 heterocycles. The largest absolute Gasteiger partial charge is 1.00 e. The molecule has 0 bridgehead atoms. The van der Waals surface area contributed by atoms with Crippen LogP contribution >= 0.6 is 0 Å². The van der Waals surface area contributed by atoms with E-state index in [4.69, 9.17) is 0 Å². The average Bonchev–Trinajstić information content (AvgIpc) is 3.79. The van der Waals surface area contributed by atoms with Crippen LogP contribution in [-0.4, -0.2) is 3.21 Å². The Morgan fingerprint density at radius 3 is 2.06 bits per heavy atom. The summed E-state index contributed by atoms with van der Waals surface area (Å²) in [6.07, 6.45) is 5.17. The second-order valence-electron chi connectivity index (χ2n) is 12.7. The van der Waals surface area contributed by atoms with Gasteiger partial charge in [0.1, 0.15) is 0 Å². The van der Waals surface area contributed by atoms with E-state index in [0.717, 1.165) is 26.0 Å². The number of hydrogen-bond donors (Lipinski definition) is 0. The molecule has 2 aliphatic carbocycles. The molecule has 7 aromatic rings. The number of benzene rings is 7. The van der Waals surface area contributed by atoms with E-state index in [-0.39, 0.29) is 28.4 Å². The molecule has 0 saturated carbocycles. The summed E-state index contributed by atoms with van der Waals surface area (Å²) in [5.41, 5.74) is 6.33. The van der Waals surface area contributed by atoms with Crippen molar-refractivity contribution in [3.8, 4) is 11.1 Å². The Kier molecular flexibility index (Phi) is 9.33. The Bertz CT molecular complexity index is 2530. The van der Waals surface area contributed by atoms with Gasteiger partial charge >= 0.3 is 286 Å². The van der Waals surface area contributed by atoms with Gasteiger partial charge in [-0.05, 0) is 0 Å². The van der Waals surface area contributed by atoms with Crippen LogP contribution in [0.1, 0.15) is 27.8 Å². The third kappa shape index (κ3) is 5.63. The molecule has 0 atom stereocenters.